The van der Waals surface area contributed by atoms with Crippen molar-refractivity contribution < 1.29 is 33.5 Å². The van der Waals surface area contributed by atoms with Crippen LogP contribution in [0.15, 0.2) is 24.3 Å². The van der Waals surface area contributed by atoms with Gasteiger partial charge in [-0.05, 0) is 57.6 Å². The Labute approximate surface area is 234 Å². The van der Waals surface area contributed by atoms with Gasteiger partial charge in [-0.15, -0.1) is 0 Å². The molecule has 1 aromatic carbocycles. The molecule has 0 aliphatic carbocycles. The first-order chi connectivity index (χ1) is 19.0. The van der Waals surface area contributed by atoms with Gasteiger partial charge in [0.2, 0.25) is 23.6 Å². The van der Waals surface area contributed by atoms with E-state index >= 15 is 0 Å². The lowest BCUT2D eigenvalue weighted by molar-refractivity contribution is -0.144. The molecule has 0 spiro atoms. The predicted molar refractivity (Wildman–Crippen MR) is 145 cm³/mol. The smallest absolute Gasteiger partial charge is 0.246 e. The number of aliphatic hydroxyl groups excluding tert-OH is 1. The van der Waals surface area contributed by atoms with Crippen molar-refractivity contribution in [2.75, 3.05) is 6.54 Å². The number of amides is 4. The summed E-state index contributed by atoms with van der Waals surface area (Å²) < 4.78 is 14.5. The lowest BCUT2D eigenvalue weighted by Gasteiger charge is -2.36. The van der Waals surface area contributed by atoms with Crippen molar-refractivity contribution in [2.45, 2.75) is 108 Å². The Hall–Kier alpha value is -3.34. The number of nitrogens with zero attached hydrogens (tertiary/aromatic N) is 1. The van der Waals surface area contributed by atoms with Crippen molar-refractivity contribution in [3.05, 3.63) is 35.6 Å². The number of rotatable bonds is 10. The van der Waals surface area contributed by atoms with Gasteiger partial charge in [0.15, 0.2) is 5.78 Å². The van der Waals surface area contributed by atoms with Crippen LogP contribution in [0.2, 0.25) is 0 Å². The molecule has 0 unspecified atom stereocenters. The summed E-state index contributed by atoms with van der Waals surface area (Å²) in [6.07, 6.45) is 2.24. The van der Waals surface area contributed by atoms with Gasteiger partial charge in [0, 0.05) is 19.4 Å². The van der Waals surface area contributed by atoms with Gasteiger partial charge < -0.3 is 26.0 Å². The fourth-order valence-electron chi connectivity index (χ4n) is 5.14. The first kappa shape index (κ1) is 31.2. The monoisotopic (exact) mass is 560 g/mol. The maximum atomic E-state index is 14.5. The third kappa shape index (κ3) is 7.65. The van der Waals surface area contributed by atoms with Crippen LogP contribution in [0.5, 0.6) is 0 Å². The highest BCUT2D eigenvalue weighted by Crippen LogP contribution is 2.22. The van der Waals surface area contributed by atoms with Gasteiger partial charge in [0.05, 0.1) is 0 Å². The first-order valence-corrected chi connectivity index (χ1v) is 14.1. The summed E-state index contributed by atoms with van der Waals surface area (Å²) >= 11 is 0. The number of fused-ring (bicyclic) bond motifs is 1. The lowest BCUT2D eigenvalue weighted by atomic mass is 9.94. The molecule has 0 radical (unpaired) electrons. The molecule has 5 atom stereocenters. The zero-order chi connectivity index (χ0) is 29.4. The molecule has 220 valence electrons. The van der Waals surface area contributed by atoms with Crippen LogP contribution in [0.1, 0.15) is 77.7 Å². The van der Waals surface area contributed by atoms with Crippen molar-refractivity contribution in [1.29, 1.82) is 0 Å². The van der Waals surface area contributed by atoms with Crippen LogP contribution in [0, 0.1) is 5.82 Å². The summed E-state index contributed by atoms with van der Waals surface area (Å²) in [5.41, 5.74) is -1.13. The van der Waals surface area contributed by atoms with Gasteiger partial charge in [-0.1, -0.05) is 38.0 Å². The maximum Gasteiger partial charge on any atom is 0.246 e. The molecular weight excluding hydrogens is 519 g/mol. The Kier molecular flexibility index (Phi) is 10.8. The number of benzene rings is 1. The quantitative estimate of drug-likeness (QED) is 0.320. The molecule has 2 aliphatic heterocycles. The molecule has 0 aromatic heterocycles. The Morgan fingerprint density at radius 2 is 1.82 bits per heavy atom. The number of halogens is 1. The Morgan fingerprint density at radius 3 is 2.50 bits per heavy atom. The number of hydrogen-bond donors (Lipinski definition) is 4. The normalized spacial score (nSPS) is 26.6. The zero-order valence-corrected chi connectivity index (χ0v) is 23.5. The van der Waals surface area contributed by atoms with Crippen molar-refractivity contribution in [3.8, 4) is 0 Å². The van der Waals surface area contributed by atoms with E-state index in [9.17, 15) is 33.5 Å². The third-order valence-electron chi connectivity index (χ3n) is 7.95. The summed E-state index contributed by atoms with van der Waals surface area (Å²) in [6, 6.07) is 3.13. The Bertz CT molecular complexity index is 1110. The van der Waals surface area contributed by atoms with Gasteiger partial charge in [-0.2, -0.15) is 0 Å². The van der Waals surface area contributed by atoms with E-state index in [1.54, 1.807) is 26.0 Å². The summed E-state index contributed by atoms with van der Waals surface area (Å²) in [7, 11) is 0. The van der Waals surface area contributed by atoms with E-state index in [0.29, 0.717) is 38.6 Å². The second kappa shape index (κ2) is 13.8. The van der Waals surface area contributed by atoms with Crippen LogP contribution in [0.3, 0.4) is 0 Å². The molecule has 2 saturated heterocycles. The standard InChI is InChI=1S/C29H41FN4O6/c1-4-29(3)28(40)32-22(17-19-11-8-9-12-20(19)30)27(39)34-16-10-14-23(34)26(38)31-21(25(37)33-29)13-6-5-7-15-24(36)18(2)35/h8-9,11-12,18,21-23,35H,4-7,10,13-17H2,1-3H3,(H,31,38)(H,32,40)(H,33,37)/t18-,21-,22-,23+,29-/m0/s1. The fraction of sp³-hybridized carbons (Fsp3) is 0.621. The number of carbonyl (C=O) groups is 5. The summed E-state index contributed by atoms with van der Waals surface area (Å²) in [6.45, 7) is 5.01. The average Bonchev–Trinajstić information content (AvgIpc) is 3.41. The summed E-state index contributed by atoms with van der Waals surface area (Å²) in [4.78, 5) is 67.1. The van der Waals surface area contributed by atoms with Gasteiger partial charge >= 0.3 is 0 Å². The van der Waals surface area contributed by atoms with Crippen molar-refractivity contribution in [2.24, 2.45) is 0 Å². The highest BCUT2D eigenvalue weighted by molar-refractivity contribution is 5.99. The predicted octanol–water partition coefficient (Wildman–Crippen LogP) is 1.53. The molecule has 3 rings (SSSR count). The fourth-order valence-corrected chi connectivity index (χ4v) is 5.14. The van der Waals surface area contributed by atoms with E-state index in [0.717, 1.165) is 0 Å². The second-order valence-electron chi connectivity index (χ2n) is 11.0. The third-order valence-corrected chi connectivity index (χ3v) is 7.95. The molecule has 0 saturated carbocycles. The van der Waals surface area contributed by atoms with Crippen LogP contribution in [-0.4, -0.2) is 75.7 Å². The number of aliphatic hydroxyl groups is 1. The zero-order valence-electron chi connectivity index (χ0n) is 23.5. The van der Waals surface area contributed by atoms with Crippen molar-refractivity contribution in [1.82, 2.24) is 20.9 Å². The van der Waals surface area contributed by atoms with Crippen LogP contribution in [-0.2, 0) is 30.4 Å². The molecule has 2 aliphatic rings. The highest BCUT2D eigenvalue weighted by atomic mass is 19.1. The molecule has 0 bridgehead atoms. The van der Waals surface area contributed by atoms with Gasteiger partial charge in [0.1, 0.15) is 35.6 Å². The van der Waals surface area contributed by atoms with Crippen LogP contribution in [0.25, 0.3) is 0 Å². The molecular formula is C29H41FN4O6. The largest absolute Gasteiger partial charge is 0.386 e. The number of Topliss-reactive ketones (excluding diaryl/α,β-unsaturated/α-hetero) is 1. The SMILES string of the molecule is CC[C@]1(C)NC(=O)[C@H](CCCCCC(=O)[C@H](C)O)NC(=O)[C@H]2CCCN2C(=O)[C@H](Cc2ccccc2F)NC1=O. The Morgan fingerprint density at radius 1 is 1.10 bits per heavy atom. The Balaban J connectivity index is 1.83. The minimum atomic E-state index is -1.39. The molecule has 1 aromatic rings. The van der Waals surface area contributed by atoms with E-state index in [4.69, 9.17) is 0 Å². The first-order valence-electron chi connectivity index (χ1n) is 14.1. The molecule has 10 nitrogen and oxygen atoms in total. The molecule has 4 amide bonds. The van der Waals surface area contributed by atoms with Crippen molar-refractivity contribution >= 4 is 29.4 Å². The second-order valence-corrected chi connectivity index (χ2v) is 11.0. The van der Waals surface area contributed by atoms with Gasteiger partial charge in [0.25, 0.3) is 0 Å². The highest BCUT2D eigenvalue weighted by Gasteiger charge is 2.43. The van der Waals surface area contributed by atoms with Crippen LogP contribution in [0.4, 0.5) is 4.39 Å². The average molecular weight is 561 g/mol. The van der Waals surface area contributed by atoms with E-state index < -0.39 is 59.2 Å². The number of hydrogen-bond acceptors (Lipinski definition) is 6. The van der Waals surface area contributed by atoms with Gasteiger partial charge in [-0.25, -0.2) is 4.39 Å². The summed E-state index contributed by atoms with van der Waals surface area (Å²) in [5.74, 6) is -2.77. The molecule has 40 heavy (non-hydrogen) atoms. The number of carbonyl (C=O) groups excluding carboxylic acids is 5. The maximum absolute atomic E-state index is 14.5. The molecule has 2 heterocycles. The summed E-state index contributed by atoms with van der Waals surface area (Å²) in [5, 5.41) is 17.7. The minimum absolute atomic E-state index is 0.101. The van der Waals surface area contributed by atoms with E-state index in [1.807, 2.05) is 0 Å². The number of unbranched alkanes of at least 4 members (excludes halogenated alkanes) is 2. The van der Waals surface area contributed by atoms with Gasteiger partial charge in [-0.3, -0.25) is 24.0 Å². The molecule has 11 heteroatoms. The lowest BCUT2D eigenvalue weighted by Crippen LogP contribution is -2.65. The van der Waals surface area contributed by atoms with Crippen LogP contribution < -0.4 is 16.0 Å². The van der Waals surface area contributed by atoms with E-state index in [-0.39, 0.29) is 37.0 Å². The minimum Gasteiger partial charge on any atom is -0.386 e. The van der Waals surface area contributed by atoms with Crippen LogP contribution >= 0.6 is 0 Å². The number of nitrogens with one attached hydrogen (secondary N) is 3. The topological polar surface area (TPSA) is 145 Å². The van der Waals surface area contributed by atoms with E-state index in [1.165, 1.54) is 24.0 Å². The molecule has 4 N–H and O–H groups in total. The number of ketones is 1. The van der Waals surface area contributed by atoms with Crippen molar-refractivity contribution in [3.63, 3.8) is 0 Å². The van der Waals surface area contributed by atoms with E-state index in [2.05, 4.69) is 16.0 Å². The molecule has 2 fully saturated rings.